The monoisotopic (exact) mass is 303 g/mol. The third-order valence-corrected chi connectivity index (χ3v) is 5.90. The van der Waals surface area contributed by atoms with Crippen LogP contribution < -0.4 is 5.19 Å². The first kappa shape index (κ1) is 14.7. The molecule has 22 heavy (non-hydrogen) atoms. The van der Waals surface area contributed by atoms with Crippen LogP contribution in [0.2, 0.25) is 19.6 Å². The standard InChI is InChI=1S/C20H21NSi/c1-22(2,3)19-10-7-15-21-20(19)18-13-11-17(12-14-18)16-8-5-4-6-9-16/h4-15H,1-3H3. The van der Waals surface area contributed by atoms with Crippen LogP contribution in [0.25, 0.3) is 22.4 Å². The van der Waals surface area contributed by atoms with Gasteiger partial charge in [-0.15, -0.1) is 0 Å². The van der Waals surface area contributed by atoms with Gasteiger partial charge < -0.3 is 0 Å². The lowest BCUT2D eigenvalue weighted by atomic mass is 10.0. The van der Waals surface area contributed by atoms with Gasteiger partial charge >= 0.3 is 0 Å². The molecule has 0 aliphatic rings. The van der Waals surface area contributed by atoms with Crippen LogP contribution in [0.3, 0.4) is 0 Å². The third kappa shape index (κ3) is 3.02. The Bertz CT molecular complexity index is 756. The summed E-state index contributed by atoms with van der Waals surface area (Å²) in [5.41, 5.74) is 4.84. The summed E-state index contributed by atoms with van der Waals surface area (Å²) in [4.78, 5) is 4.65. The molecule has 0 bridgehead atoms. The van der Waals surface area contributed by atoms with E-state index >= 15 is 0 Å². The Balaban J connectivity index is 2.01. The molecule has 110 valence electrons. The quantitative estimate of drug-likeness (QED) is 0.623. The Morgan fingerprint density at radius 3 is 1.86 bits per heavy atom. The molecule has 0 N–H and O–H groups in total. The fourth-order valence-electron chi connectivity index (χ4n) is 2.69. The molecule has 1 heterocycles. The molecule has 0 spiro atoms. The normalized spacial score (nSPS) is 11.4. The van der Waals surface area contributed by atoms with Gasteiger partial charge in [0.15, 0.2) is 0 Å². The van der Waals surface area contributed by atoms with Crippen molar-refractivity contribution < 1.29 is 0 Å². The highest BCUT2D eigenvalue weighted by Crippen LogP contribution is 2.24. The second-order valence-corrected chi connectivity index (χ2v) is 11.6. The summed E-state index contributed by atoms with van der Waals surface area (Å²) < 4.78 is 0. The highest BCUT2D eigenvalue weighted by molar-refractivity contribution is 6.89. The molecule has 2 heteroatoms. The summed E-state index contributed by atoms with van der Waals surface area (Å²) in [5.74, 6) is 0. The van der Waals surface area contributed by atoms with E-state index in [-0.39, 0.29) is 0 Å². The first-order valence-electron chi connectivity index (χ1n) is 7.67. The van der Waals surface area contributed by atoms with Gasteiger partial charge in [-0.05, 0) is 22.4 Å². The zero-order valence-corrected chi connectivity index (χ0v) is 14.4. The fourth-order valence-corrected chi connectivity index (χ4v) is 4.21. The third-order valence-electron chi connectivity index (χ3n) is 3.88. The van der Waals surface area contributed by atoms with Crippen molar-refractivity contribution in [1.82, 2.24) is 4.98 Å². The molecule has 0 saturated heterocycles. The Morgan fingerprint density at radius 2 is 1.23 bits per heavy atom. The molecular formula is C20H21NSi. The molecule has 0 aliphatic heterocycles. The van der Waals surface area contributed by atoms with Crippen LogP contribution in [-0.2, 0) is 0 Å². The smallest absolute Gasteiger partial charge is 0.0804 e. The number of aromatic nitrogens is 1. The van der Waals surface area contributed by atoms with Crippen molar-refractivity contribution in [2.24, 2.45) is 0 Å². The number of hydrogen-bond acceptors (Lipinski definition) is 1. The van der Waals surface area contributed by atoms with E-state index in [0.29, 0.717) is 0 Å². The highest BCUT2D eigenvalue weighted by Gasteiger charge is 2.21. The van der Waals surface area contributed by atoms with Gasteiger partial charge in [-0.2, -0.15) is 0 Å². The summed E-state index contributed by atoms with van der Waals surface area (Å²) >= 11 is 0. The van der Waals surface area contributed by atoms with E-state index in [9.17, 15) is 0 Å². The van der Waals surface area contributed by atoms with Crippen molar-refractivity contribution in [1.29, 1.82) is 0 Å². The van der Waals surface area contributed by atoms with E-state index in [1.54, 1.807) is 0 Å². The van der Waals surface area contributed by atoms with Crippen molar-refractivity contribution in [2.75, 3.05) is 0 Å². The molecular weight excluding hydrogens is 282 g/mol. The maximum absolute atomic E-state index is 4.65. The van der Waals surface area contributed by atoms with Gasteiger partial charge in [-0.1, -0.05) is 80.3 Å². The maximum Gasteiger partial charge on any atom is 0.0804 e. The molecule has 0 aliphatic carbocycles. The number of rotatable bonds is 3. The minimum atomic E-state index is -1.40. The van der Waals surface area contributed by atoms with Gasteiger partial charge in [0.05, 0.1) is 13.8 Å². The number of pyridine rings is 1. The number of benzene rings is 2. The van der Waals surface area contributed by atoms with Crippen molar-refractivity contribution in [3.63, 3.8) is 0 Å². The van der Waals surface area contributed by atoms with Gasteiger partial charge in [0.1, 0.15) is 0 Å². The zero-order valence-electron chi connectivity index (χ0n) is 13.4. The average molecular weight is 303 g/mol. The van der Waals surface area contributed by atoms with Crippen LogP contribution in [0.1, 0.15) is 0 Å². The van der Waals surface area contributed by atoms with E-state index in [2.05, 4.69) is 85.3 Å². The average Bonchev–Trinajstić information content (AvgIpc) is 2.55. The van der Waals surface area contributed by atoms with Gasteiger partial charge in [0.2, 0.25) is 0 Å². The summed E-state index contributed by atoms with van der Waals surface area (Å²) in [7, 11) is -1.40. The number of hydrogen-bond donors (Lipinski definition) is 0. The van der Waals surface area contributed by atoms with Gasteiger partial charge in [-0.3, -0.25) is 4.98 Å². The summed E-state index contributed by atoms with van der Waals surface area (Å²) in [6.07, 6.45) is 1.89. The first-order chi connectivity index (χ1) is 10.6. The maximum atomic E-state index is 4.65. The van der Waals surface area contributed by atoms with E-state index in [0.717, 1.165) is 5.69 Å². The summed E-state index contributed by atoms with van der Waals surface area (Å²) in [6.45, 7) is 7.10. The molecule has 1 aromatic heterocycles. The largest absolute Gasteiger partial charge is 0.256 e. The second kappa shape index (κ2) is 5.89. The molecule has 0 radical (unpaired) electrons. The Labute approximate surface area is 133 Å². The van der Waals surface area contributed by atoms with Crippen LogP contribution in [0, 0.1) is 0 Å². The molecule has 0 amide bonds. The fraction of sp³-hybridized carbons (Fsp3) is 0.150. The minimum absolute atomic E-state index is 1.14. The minimum Gasteiger partial charge on any atom is -0.256 e. The Hall–Kier alpha value is -2.19. The van der Waals surface area contributed by atoms with E-state index in [4.69, 9.17) is 0 Å². The van der Waals surface area contributed by atoms with Gasteiger partial charge in [0.25, 0.3) is 0 Å². The predicted molar refractivity (Wildman–Crippen MR) is 98.1 cm³/mol. The molecule has 2 aromatic carbocycles. The highest BCUT2D eigenvalue weighted by atomic mass is 28.3. The lowest BCUT2D eigenvalue weighted by Gasteiger charge is -2.20. The Kier molecular flexibility index (Phi) is 3.95. The van der Waals surface area contributed by atoms with Crippen LogP contribution in [-0.4, -0.2) is 13.1 Å². The van der Waals surface area contributed by atoms with E-state index in [1.165, 1.54) is 21.9 Å². The van der Waals surface area contributed by atoms with Crippen LogP contribution >= 0.6 is 0 Å². The SMILES string of the molecule is C[Si](C)(C)c1cccnc1-c1ccc(-c2ccccc2)cc1. The van der Waals surface area contributed by atoms with Crippen LogP contribution in [0.5, 0.6) is 0 Å². The van der Waals surface area contributed by atoms with E-state index < -0.39 is 8.07 Å². The molecule has 0 fully saturated rings. The molecule has 0 atom stereocenters. The zero-order chi connectivity index (χ0) is 15.6. The van der Waals surface area contributed by atoms with Crippen molar-refractivity contribution in [3.05, 3.63) is 72.9 Å². The topological polar surface area (TPSA) is 12.9 Å². The molecule has 1 nitrogen and oxygen atoms in total. The molecule has 0 unspecified atom stereocenters. The Morgan fingerprint density at radius 1 is 0.636 bits per heavy atom. The second-order valence-electron chi connectivity index (χ2n) is 6.59. The molecule has 0 saturated carbocycles. The first-order valence-corrected chi connectivity index (χ1v) is 11.2. The lowest BCUT2D eigenvalue weighted by molar-refractivity contribution is 1.34. The number of nitrogens with zero attached hydrogens (tertiary/aromatic N) is 1. The van der Waals surface area contributed by atoms with Gasteiger partial charge in [-0.25, -0.2) is 0 Å². The van der Waals surface area contributed by atoms with Crippen molar-refractivity contribution in [3.8, 4) is 22.4 Å². The summed E-state index contributed by atoms with van der Waals surface area (Å²) in [5, 5.41) is 1.42. The molecule has 3 rings (SSSR count). The molecule has 3 aromatic rings. The van der Waals surface area contributed by atoms with Crippen molar-refractivity contribution in [2.45, 2.75) is 19.6 Å². The lowest BCUT2D eigenvalue weighted by Crippen LogP contribution is -2.39. The van der Waals surface area contributed by atoms with Crippen LogP contribution in [0.4, 0.5) is 0 Å². The van der Waals surface area contributed by atoms with Gasteiger partial charge in [0, 0.05) is 11.8 Å². The predicted octanol–water partition coefficient (Wildman–Crippen LogP) is 4.96. The summed E-state index contributed by atoms with van der Waals surface area (Å²) in [6, 6.07) is 23.5. The van der Waals surface area contributed by atoms with E-state index in [1.807, 2.05) is 12.3 Å². The van der Waals surface area contributed by atoms with Crippen molar-refractivity contribution >= 4 is 13.3 Å². The van der Waals surface area contributed by atoms with Crippen LogP contribution in [0.15, 0.2) is 72.9 Å².